The third-order valence-corrected chi connectivity index (χ3v) is 6.18. The van der Waals surface area contributed by atoms with Crippen molar-refractivity contribution in [3.8, 4) is 0 Å². The molecule has 5 rings (SSSR count). The van der Waals surface area contributed by atoms with Crippen molar-refractivity contribution < 1.29 is 9.90 Å². The van der Waals surface area contributed by atoms with Gasteiger partial charge in [0.25, 0.3) is 0 Å². The van der Waals surface area contributed by atoms with Gasteiger partial charge in [0.15, 0.2) is 5.82 Å². The molecular weight excluding hydrogens is 304 g/mol. The van der Waals surface area contributed by atoms with Crippen LogP contribution in [0.3, 0.4) is 0 Å². The summed E-state index contributed by atoms with van der Waals surface area (Å²) >= 11 is 0. The average Bonchev–Trinajstić information content (AvgIpc) is 2.98. The third-order valence-electron chi connectivity index (χ3n) is 6.18. The molecule has 1 unspecified atom stereocenters. The monoisotopic (exact) mass is 326 g/mol. The second-order valence-electron chi connectivity index (χ2n) is 7.55. The quantitative estimate of drug-likeness (QED) is 0.932. The SMILES string of the molecule is C[C@H]1CCN1c1nc(N2C[C@@H]3C(CC(=O)O)[C@@H]3C2)cn2cccc12. The zero-order valence-electron chi connectivity index (χ0n) is 13.8. The average molecular weight is 326 g/mol. The fourth-order valence-electron chi connectivity index (χ4n) is 4.55. The van der Waals surface area contributed by atoms with Crippen LogP contribution in [0.5, 0.6) is 0 Å². The van der Waals surface area contributed by atoms with E-state index in [4.69, 9.17) is 10.1 Å². The highest BCUT2D eigenvalue weighted by molar-refractivity contribution is 5.73. The zero-order valence-corrected chi connectivity index (χ0v) is 13.8. The van der Waals surface area contributed by atoms with E-state index < -0.39 is 5.97 Å². The molecule has 2 aromatic heterocycles. The minimum Gasteiger partial charge on any atom is -0.481 e. The number of fused-ring (bicyclic) bond motifs is 2. The first kappa shape index (κ1) is 14.1. The number of anilines is 2. The van der Waals surface area contributed by atoms with E-state index in [0.717, 1.165) is 31.3 Å². The number of rotatable bonds is 4. The van der Waals surface area contributed by atoms with Crippen molar-refractivity contribution in [3.05, 3.63) is 24.5 Å². The third kappa shape index (κ3) is 2.01. The fraction of sp³-hybridized carbons (Fsp3) is 0.556. The van der Waals surface area contributed by atoms with E-state index in [-0.39, 0.29) is 0 Å². The molecule has 3 aliphatic rings. The van der Waals surface area contributed by atoms with Gasteiger partial charge in [-0.1, -0.05) is 0 Å². The first-order chi connectivity index (χ1) is 11.6. The summed E-state index contributed by atoms with van der Waals surface area (Å²) in [6.45, 7) is 5.21. The molecule has 1 saturated carbocycles. The van der Waals surface area contributed by atoms with Crippen LogP contribution in [0.4, 0.5) is 11.6 Å². The predicted octanol–water partition coefficient (Wildman–Crippen LogP) is 2.09. The summed E-state index contributed by atoms with van der Waals surface area (Å²) in [5, 5.41) is 8.98. The van der Waals surface area contributed by atoms with Crippen LogP contribution < -0.4 is 9.80 Å². The van der Waals surface area contributed by atoms with Crippen molar-refractivity contribution in [1.82, 2.24) is 9.38 Å². The Hall–Kier alpha value is -2.24. The summed E-state index contributed by atoms with van der Waals surface area (Å²) < 4.78 is 2.17. The number of hydrogen-bond acceptors (Lipinski definition) is 4. The number of carbonyl (C=O) groups is 1. The number of hydrogen-bond donors (Lipinski definition) is 1. The van der Waals surface area contributed by atoms with Gasteiger partial charge in [-0.25, -0.2) is 4.98 Å². The molecule has 3 fully saturated rings. The fourth-order valence-corrected chi connectivity index (χ4v) is 4.55. The topological polar surface area (TPSA) is 61.1 Å². The minimum atomic E-state index is -0.665. The number of carboxylic acids is 1. The van der Waals surface area contributed by atoms with Crippen molar-refractivity contribution in [2.75, 3.05) is 29.4 Å². The summed E-state index contributed by atoms with van der Waals surface area (Å²) in [7, 11) is 0. The van der Waals surface area contributed by atoms with Gasteiger partial charge in [0.1, 0.15) is 5.82 Å². The van der Waals surface area contributed by atoms with Crippen molar-refractivity contribution in [3.63, 3.8) is 0 Å². The number of aliphatic carboxylic acids is 1. The molecule has 0 radical (unpaired) electrons. The van der Waals surface area contributed by atoms with Gasteiger partial charge < -0.3 is 19.3 Å². The Labute approximate surface area is 140 Å². The van der Waals surface area contributed by atoms with Gasteiger partial charge in [0, 0.05) is 38.3 Å². The first-order valence-electron chi connectivity index (χ1n) is 8.83. The maximum Gasteiger partial charge on any atom is 0.303 e. The van der Waals surface area contributed by atoms with E-state index in [1.807, 2.05) is 0 Å². The van der Waals surface area contributed by atoms with Crippen molar-refractivity contribution in [1.29, 1.82) is 0 Å². The van der Waals surface area contributed by atoms with Gasteiger partial charge in [0.05, 0.1) is 11.7 Å². The molecule has 4 heterocycles. The van der Waals surface area contributed by atoms with E-state index in [0.29, 0.717) is 30.2 Å². The largest absolute Gasteiger partial charge is 0.481 e. The van der Waals surface area contributed by atoms with E-state index >= 15 is 0 Å². The molecule has 6 nitrogen and oxygen atoms in total. The molecule has 0 spiro atoms. The zero-order chi connectivity index (χ0) is 16.4. The van der Waals surface area contributed by atoms with Gasteiger partial charge in [-0.15, -0.1) is 0 Å². The van der Waals surface area contributed by atoms with Crippen molar-refractivity contribution >= 4 is 23.1 Å². The number of piperidine rings is 1. The van der Waals surface area contributed by atoms with Crippen LogP contribution in [-0.2, 0) is 4.79 Å². The summed E-state index contributed by atoms with van der Waals surface area (Å²) in [5.41, 5.74) is 1.17. The van der Waals surface area contributed by atoms with Gasteiger partial charge >= 0.3 is 5.97 Å². The molecule has 2 aromatic rings. The summed E-state index contributed by atoms with van der Waals surface area (Å²) in [5.74, 6) is 2.89. The van der Waals surface area contributed by atoms with Crippen LogP contribution >= 0.6 is 0 Å². The molecule has 0 bridgehead atoms. The molecule has 2 saturated heterocycles. The highest BCUT2D eigenvalue weighted by atomic mass is 16.4. The lowest BCUT2D eigenvalue weighted by molar-refractivity contribution is -0.137. The molecule has 1 aliphatic carbocycles. The highest BCUT2D eigenvalue weighted by Gasteiger charge is 2.56. The smallest absolute Gasteiger partial charge is 0.303 e. The molecule has 0 amide bonds. The Balaban J connectivity index is 1.41. The van der Waals surface area contributed by atoms with E-state index in [1.54, 1.807) is 0 Å². The van der Waals surface area contributed by atoms with Crippen LogP contribution in [0.1, 0.15) is 19.8 Å². The Kier molecular flexibility index (Phi) is 2.87. The van der Waals surface area contributed by atoms with Crippen molar-refractivity contribution in [2.24, 2.45) is 17.8 Å². The Bertz CT molecular complexity index is 804. The maximum atomic E-state index is 10.9. The molecule has 1 N–H and O–H groups in total. The molecule has 6 heteroatoms. The number of carboxylic acid groups (broad SMARTS) is 1. The van der Waals surface area contributed by atoms with E-state index in [1.165, 1.54) is 11.9 Å². The van der Waals surface area contributed by atoms with Crippen LogP contribution in [-0.4, -0.2) is 46.1 Å². The Morgan fingerprint density at radius 3 is 2.79 bits per heavy atom. The molecule has 2 aliphatic heterocycles. The van der Waals surface area contributed by atoms with Crippen LogP contribution in [0.15, 0.2) is 24.5 Å². The second-order valence-corrected chi connectivity index (χ2v) is 7.55. The minimum absolute atomic E-state index is 0.323. The number of aromatic nitrogens is 2. The van der Waals surface area contributed by atoms with E-state index in [2.05, 4.69) is 45.7 Å². The summed E-state index contributed by atoms with van der Waals surface area (Å²) in [6.07, 6.45) is 5.74. The van der Waals surface area contributed by atoms with Gasteiger partial charge in [-0.2, -0.15) is 0 Å². The Morgan fingerprint density at radius 1 is 1.38 bits per heavy atom. The van der Waals surface area contributed by atoms with Gasteiger partial charge in [-0.3, -0.25) is 4.79 Å². The van der Waals surface area contributed by atoms with Crippen LogP contribution in [0.25, 0.3) is 5.52 Å². The van der Waals surface area contributed by atoms with E-state index in [9.17, 15) is 4.79 Å². The normalized spacial score (nSPS) is 31.2. The molecular formula is C18H22N4O2. The molecule has 0 aromatic carbocycles. The first-order valence-corrected chi connectivity index (χ1v) is 8.83. The molecule has 126 valence electrons. The maximum absolute atomic E-state index is 10.9. The second kappa shape index (κ2) is 4.88. The molecule has 24 heavy (non-hydrogen) atoms. The standard InChI is InChI=1S/C18H22N4O2/c1-11-4-6-22(11)18-15-3-2-5-20(15)10-16(19-18)21-8-13-12(7-17(23)24)14(13)9-21/h2-3,5,10-14H,4,6-9H2,1H3,(H,23,24)/t11-,12?,13-,14+/m0/s1. The Morgan fingerprint density at radius 2 is 2.17 bits per heavy atom. The highest BCUT2D eigenvalue weighted by Crippen LogP contribution is 2.54. The summed E-state index contributed by atoms with van der Waals surface area (Å²) in [6, 6.07) is 4.75. The summed E-state index contributed by atoms with van der Waals surface area (Å²) in [4.78, 5) is 20.6. The lowest BCUT2D eigenvalue weighted by Gasteiger charge is -2.40. The number of nitrogens with zero attached hydrogens (tertiary/aromatic N) is 4. The van der Waals surface area contributed by atoms with Crippen LogP contribution in [0, 0.1) is 17.8 Å². The van der Waals surface area contributed by atoms with Gasteiger partial charge in [-0.05, 0) is 43.2 Å². The molecule has 4 atom stereocenters. The lowest BCUT2D eigenvalue weighted by Crippen LogP contribution is -2.46. The predicted molar refractivity (Wildman–Crippen MR) is 91.6 cm³/mol. The lowest BCUT2D eigenvalue weighted by atomic mass is 10.1. The van der Waals surface area contributed by atoms with Gasteiger partial charge in [0.2, 0.25) is 0 Å². The van der Waals surface area contributed by atoms with Crippen LogP contribution in [0.2, 0.25) is 0 Å². The van der Waals surface area contributed by atoms with Crippen molar-refractivity contribution in [2.45, 2.75) is 25.8 Å².